The van der Waals surface area contributed by atoms with Gasteiger partial charge in [-0.05, 0) is 66.6 Å². The SMILES string of the molecule is CC(=O)Nc1ccc(CC(=O)Nc2ccc(-c3nc4ccc(C)cc4s3)cc2)cc1. The lowest BCUT2D eigenvalue weighted by Gasteiger charge is -2.07. The number of fused-ring (bicyclic) bond motifs is 1. The van der Waals surface area contributed by atoms with Gasteiger partial charge in [-0.1, -0.05) is 18.2 Å². The molecule has 1 heterocycles. The van der Waals surface area contributed by atoms with Crippen LogP contribution in [0, 0.1) is 6.92 Å². The lowest BCUT2D eigenvalue weighted by Crippen LogP contribution is -2.14. The van der Waals surface area contributed by atoms with Crippen LogP contribution in [0.1, 0.15) is 18.1 Å². The van der Waals surface area contributed by atoms with E-state index in [-0.39, 0.29) is 18.2 Å². The van der Waals surface area contributed by atoms with Crippen LogP contribution < -0.4 is 10.6 Å². The van der Waals surface area contributed by atoms with Crippen LogP contribution in [0.15, 0.2) is 66.7 Å². The molecule has 2 amide bonds. The van der Waals surface area contributed by atoms with E-state index < -0.39 is 0 Å². The molecule has 1 aromatic heterocycles. The fourth-order valence-electron chi connectivity index (χ4n) is 3.15. The summed E-state index contributed by atoms with van der Waals surface area (Å²) < 4.78 is 1.17. The van der Waals surface area contributed by atoms with Gasteiger partial charge in [-0.25, -0.2) is 4.98 Å². The van der Waals surface area contributed by atoms with Crippen molar-refractivity contribution in [1.82, 2.24) is 4.98 Å². The van der Waals surface area contributed by atoms with Crippen LogP contribution in [-0.2, 0) is 16.0 Å². The summed E-state index contributed by atoms with van der Waals surface area (Å²) in [4.78, 5) is 28.1. The number of anilines is 2. The first-order valence-electron chi connectivity index (χ1n) is 9.60. The molecule has 0 fully saturated rings. The van der Waals surface area contributed by atoms with E-state index >= 15 is 0 Å². The molecular weight excluding hydrogens is 394 g/mol. The van der Waals surface area contributed by atoms with Crippen molar-refractivity contribution in [3.63, 3.8) is 0 Å². The van der Waals surface area contributed by atoms with E-state index in [4.69, 9.17) is 4.98 Å². The number of thiazole rings is 1. The third-order valence-corrected chi connectivity index (χ3v) is 5.67. The first kappa shape index (κ1) is 19.8. The van der Waals surface area contributed by atoms with Crippen molar-refractivity contribution in [1.29, 1.82) is 0 Å². The summed E-state index contributed by atoms with van der Waals surface area (Å²) in [5.74, 6) is -0.213. The van der Waals surface area contributed by atoms with Crippen LogP contribution in [0.25, 0.3) is 20.8 Å². The van der Waals surface area contributed by atoms with Gasteiger partial charge in [-0.2, -0.15) is 0 Å². The van der Waals surface area contributed by atoms with E-state index in [2.05, 4.69) is 29.7 Å². The van der Waals surface area contributed by atoms with Gasteiger partial charge in [0.1, 0.15) is 5.01 Å². The van der Waals surface area contributed by atoms with Gasteiger partial charge >= 0.3 is 0 Å². The van der Waals surface area contributed by atoms with Crippen molar-refractivity contribution in [3.8, 4) is 10.6 Å². The van der Waals surface area contributed by atoms with E-state index in [1.807, 2.05) is 42.5 Å². The molecule has 4 rings (SSSR count). The number of hydrogen-bond donors (Lipinski definition) is 2. The number of aromatic nitrogens is 1. The molecule has 0 aliphatic heterocycles. The lowest BCUT2D eigenvalue weighted by atomic mass is 10.1. The Morgan fingerprint density at radius 3 is 2.27 bits per heavy atom. The van der Waals surface area contributed by atoms with Gasteiger partial charge in [0.15, 0.2) is 0 Å². The fraction of sp³-hybridized carbons (Fsp3) is 0.125. The average Bonchev–Trinajstić information content (AvgIpc) is 3.13. The van der Waals surface area contributed by atoms with Crippen LogP contribution in [-0.4, -0.2) is 16.8 Å². The summed E-state index contributed by atoms with van der Waals surface area (Å²) in [5, 5.41) is 6.60. The van der Waals surface area contributed by atoms with Crippen molar-refractivity contribution in [2.45, 2.75) is 20.3 Å². The van der Waals surface area contributed by atoms with Crippen LogP contribution in [0.2, 0.25) is 0 Å². The molecule has 0 aliphatic carbocycles. The second kappa shape index (κ2) is 8.47. The quantitative estimate of drug-likeness (QED) is 0.458. The maximum Gasteiger partial charge on any atom is 0.228 e. The topological polar surface area (TPSA) is 71.1 Å². The van der Waals surface area contributed by atoms with Gasteiger partial charge in [0.25, 0.3) is 0 Å². The zero-order chi connectivity index (χ0) is 21.1. The number of hydrogen-bond acceptors (Lipinski definition) is 4. The summed E-state index contributed by atoms with van der Waals surface area (Å²) in [5.41, 5.74) is 5.59. The highest BCUT2D eigenvalue weighted by atomic mass is 32.1. The summed E-state index contributed by atoms with van der Waals surface area (Å²) in [7, 11) is 0. The molecule has 0 spiro atoms. The first-order valence-corrected chi connectivity index (χ1v) is 10.4. The van der Waals surface area contributed by atoms with E-state index in [0.717, 1.165) is 27.3 Å². The molecule has 5 nitrogen and oxygen atoms in total. The largest absolute Gasteiger partial charge is 0.326 e. The molecule has 0 saturated heterocycles. The number of amides is 2. The number of nitrogens with zero attached hydrogens (tertiary/aromatic N) is 1. The molecule has 6 heteroatoms. The third kappa shape index (κ3) is 4.72. The molecule has 0 bridgehead atoms. The molecule has 0 radical (unpaired) electrons. The third-order valence-electron chi connectivity index (χ3n) is 4.60. The number of aryl methyl sites for hydroxylation is 1. The smallest absolute Gasteiger partial charge is 0.228 e. The van der Waals surface area contributed by atoms with Crippen LogP contribution >= 0.6 is 11.3 Å². The molecule has 4 aromatic rings. The Hall–Kier alpha value is -3.51. The lowest BCUT2D eigenvalue weighted by molar-refractivity contribution is -0.116. The molecule has 0 unspecified atom stereocenters. The van der Waals surface area contributed by atoms with Crippen molar-refractivity contribution >= 4 is 44.7 Å². The normalized spacial score (nSPS) is 10.7. The Balaban J connectivity index is 1.40. The molecule has 0 atom stereocenters. The van der Waals surface area contributed by atoms with Gasteiger partial charge < -0.3 is 10.6 Å². The molecule has 150 valence electrons. The summed E-state index contributed by atoms with van der Waals surface area (Å²) >= 11 is 1.67. The Kier molecular flexibility index (Phi) is 5.59. The Bertz CT molecular complexity index is 1210. The highest BCUT2D eigenvalue weighted by molar-refractivity contribution is 7.21. The molecular formula is C24H21N3O2S. The monoisotopic (exact) mass is 415 g/mol. The number of carbonyl (C=O) groups excluding carboxylic acids is 2. The Morgan fingerprint density at radius 2 is 1.57 bits per heavy atom. The predicted molar refractivity (Wildman–Crippen MR) is 123 cm³/mol. The van der Waals surface area contributed by atoms with E-state index in [0.29, 0.717) is 5.69 Å². The Morgan fingerprint density at radius 1 is 0.900 bits per heavy atom. The first-order chi connectivity index (χ1) is 14.5. The van der Waals surface area contributed by atoms with Crippen LogP contribution in [0.4, 0.5) is 11.4 Å². The van der Waals surface area contributed by atoms with Gasteiger partial charge in [-0.15, -0.1) is 11.3 Å². The number of carbonyl (C=O) groups is 2. The maximum atomic E-state index is 12.4. The standard InChI is InChI=1S/C24H21N3O2S/c1-15-3-12-21-22(13-15)30-24(27-21)18-6-10-20(11-7-18)26-23(29)14-17-4-8-19(9-5-17)25-16(2)28/h3-13H,14H2,1-2H3,(H,25,28)(H,26,29). The minimum atomic E-state index is -0.120. The van der Waals surface area contributed by atoms with Crippen molar-refractivity contribution < 1.29 is 9.59 Å². The van der Waals surface area contributed by atoms with Crippen molar-refractivity contribution in [2.75, 3.05) is 10.6 Å². The van der Waals surface area contributed by atoms with Crippen molar-refractivity contribution in [2.24, 2.45) is 0 Å². The van der Waals surface area contributed by atoms with E-state index in [9.17, 15) is 9.59 Å². The summed E-state index contributed by atoms with van der Waals surface area (Å²) in [6, 6.07) is 21.2. The van der Waals surface area contributed by atoms with Gasteiger partial charge in [0.2, 0.25) is 11.8 Å². The number of benzene rings is 3. The second-order valence-electron chi connectivity index (χ2n) is 7.17. The second-order valence-corrected chi connectivity index (χ2v) is 8.20. The molecule has 2 N–H and O–H groups in total. The van der Waals surface area contributed by atoms with Crippen LogP contribution in [0.3, 0.4) is 0 Å². The summed E-state index contributed by atoms with van der Waals surface area (Å²) in [6.07, 6.45) is 0.263. The number of nitrogens with one attached hydrogen (secondary N) is 2. The van der Waals surface area contributed by atoms with Gasteiger partial charge in [-0.3, -0.25) is 9.59 Å². The average molecular weight is 416 g/mol. The highest BCUT2D eigenvalue weighted by Gasteiger charge is 2.08. The molecule has 0 saturated carbocycles. The Labute approximate surface area is 178 Å². The molecule has 30 heavy (non-hydrogen) atoms. The van der Waals surface area contributed by atoms with E-state index in [1.54, 1.807) is 23.5 Å². The van der Waals surface area contributed by atoms with Gasteiger partial charge in [0, 0.05) is 23.9 Å². The zero-order valence-electron chi connectivity index (χ0n) is 16.7. The minimum Gasteiger partial charge on any atom is -0.326 e. The highest BCUT2D eigenvalue weighted by Crippen LogP contribution is 2.31. The predicted octanol–water partition coefficient (Wildman–Crippen LogP) is 5.41. The maximum absolute atomic E-state index is 12.4. The zero-order valence-corrected chi connectivity index (χ0v) is 17.5. The van der Waals surface area contributed by atoms with Gasteiger partial charge in [0.05, 0.1) is 16.6 Å². The van der Waals surface area contributed by atoms with Crippen molar-refractivity contribution in [3.05, 3.63) is 77.9 Å². The summed E-state index contributed by atoms with van der Waals surface area (Å²) in [6.45, 7) is 3.54. The fourth-order valence-corrected chi connectivity index (χ4v) is 4.22. The molecule has 0 aliphatic rings. The van der Waals surface area contributed by atoms with E-state index in [1.165, 1.54) is 17.2 Å². The number of rotatable bonds is 5. The molecule has 3 aromatic carbocycles. The van der Waals surface area contributed by atoms with Crippen LogP contribution in [0.5, 0.6) is 0 Å². The minimum absolute atomic E-state index is 0.0921.